The Morgan fingerprint density at radius 1 is 0.655 bits per heavy atom. The van der Waals surface area contributed by atoms with Crippen LogP contribution in [0.5, 0.6) is 0 Å². The van der Waals surface area contributed by atoms with Crippen molar-refractivity contribution in [1.82, 2.24) is 26.6 Å². The molecule has 23 heteroatoms. The van der Waals surface area contributed by atoms with Gasteiger partial charge in [0.25, 0.3) is 0 Å². The minimum atomic E-state index is -4.10. The number of Topliss-reactive ketones (excluding diaryl/α,β-unsaturated/α-hetero) is 1. The highest BCUT2D eigenvalue weighted by molar-refractivity contribution is 7.51. The summed E-state index contributed by atoms with van der Waals surface area (Å²) in [5.74, 6) is -4.59. The van der Waals surface area contributed by atoms with Crippen LogP contribution in [0, 0.1) is 11.8 Å². The van der Waals surface area contributed by atoms with E-state index in [9.17, 15) is 38.2 Å². The maximum absolute atomic E-state index is 13.6. The van der Waals surface area contributed by atoms with Gasteiger partial charge in [0.15, 0.2) is 17.7 Å². The molecule has 22 nitrogen and oxygen atoms in total. The predicted molar refractivity (Wildman–Crippen MR) is 208 cm³/mol. The highest BCUT2D eigenvalue weighted by atomic mass is 31.2. The van der Waals surface area contributed by atoms with Crippen LogP contribution in [0.15, 0.2) is 9.98 Å². The van der Waals surface area contributed by atoms with Crippen LogP contribution in [-0.2, 0) is 37.9 Å². The Balaban J connectivity index is 6.07. The summed E-state index contributed by atoms with van der Waals surface area (Å²) >= 11 is 0. The van der Waals surface area contributed by atoms with Gasteiger partial charge in [-0.1, -0.05) is 27.7 Å². The number of carbonyl (C=O) groups is 6. The third-order valence-electron chi connectivity index (χ3n) is 7.66. The van der Waals surface area contributed by atoms with Crippen LogP contribution in [0.2, 0.25) is 0 Å². The molecule has 0 aliphatic rings. The van der Waals surface area contributed by atoms with Gasteiger partial charge in [-0.3, -0.25) is 43.3 Å². The predicted octanol–water partition coefficient (Wildman–Crippen LogP) is -3.68. The lowest BCUT2D eigenvalue weighted by Gasteiger charge is -2.26. The number of rotatable bonds is 27. The van der Waals surface area contributed by atoms with Gasteiger partial charge in [0, 0.05) is 19.8 Å². The maximum atomic E-state index is 13.6. The molecule has 316 valence electrons. The van der Waals surface area contributed by atoms with Crippen molar-refractivity contribution in [2.24, 2.45) is 56.2 Å². The molecule has 0 rings (SSSR count). The van der Waals surface area contributed by atoms with E-state index in [1.165, 1.54) is 6.92 Å². The summed E-state index contributed by atoms with van der Waals surface area (Å²) in [6.45, 7) is 8.59. The number of nitrogens with zero attached hydrogens (tertiary/aromatic N) is 2. The van der Waals surface area contributed by atoms with Crippen molar-refractivity contribution in [1.29, 1.82) is 0 Å². The molecule has 0 saturated heterocycles. The molecule has 0 fully saturated rings. The van der Waals surface area contributed by atoms with E-state index >= 15 is 0 Å². The molecule has 0 saturated carbocycles. The summed E-state index contributed by atoms with van der Waals surface area (Å²) in [7, 11) is -4.10. The second-order valence-corrected chi connectivity index (χ2v) is 15.9. The van der Waals surface area contributed by atoms with Crippen LogP contribution in [0.25, 0.3) is 0 Å². The fourth-order valence-corrected chi connectivity index (χ4v) is 5.28. The van der Waals surface area contributed by atoms with Crippen molar-refractivity contribution >= 4 is 54.8 Å². The number of ketones is 1. The highest BCUT2D eigenvalue weighted by Crippen LogP contribution is 2.36. The van der Waals surface area contributed by atoms with Gasteiger partial charge in [-0.25, -0.2) is 0 Å². The van der Waals surface area contributed by atoms with Gasteiger partial charge < -0.3 is 70.4 Å². The minimum absolute atomic E-state index is 0.0138. The van der Waals surface area contributed by atoms with Crippen molar-refractivity contribution in [3.8, 4) is 0 Å². The van der Waals surface area contributed by atoms with Crippen LogP contribution in [-0.4, -0.2) is 121 Å². The number of carbonyl (C=O) groups excluding carboxylic acids is 6. The van der Waals surface area contributed by atoms with E-state index in [-0.39, 0.29) is 62.5 Å². The molecular weight excluding hydrogens is 741 g/mol. The average Bonchev–Trinajstić information content (AvgIpc) is 3.06. The summed E-state index contributed by atoms with van der Waals surface area (Å²) < 4.78 is 16.7. The van der Waals surface area contributed by atoms with E-state index in [0.717, 1.165) is 6.66 Å². The zero-order valence-corrected chi connectivity index (χ0v) is 33.6. The molecule has 0 aromatic rings. The van der Waals surface area contributed by atoms with Crippen LogP contribution >= 0.6 is 7.60 Å². The van der Waals surface area contributed by atoms with E-state index in [1.54, 1.807) is 0 Å². The van der Waals surface area contributed by atoms with E-state index in [4.69, 9.17) is 38.9 Å². The van der Waals surface area contributed by atoms with Gasteiger partial charge in [-0.05, 0) is 57.3 Å². The smallest absolute Gasteiger partial charge is 0.325 e. The molecular formula is C32H64N13O9P. The molecule has 0 bridgehead atoms. The van der Waals surface area contributed by atoms with Crippen molar-refractivity contribution < 1.29 is 42.7 Å². The number of hydrogen-bond acceptors (Lipinski definition) is 12. The first-order valence-corrected chi connectivity index (χ1v) is 20.0. The van der Waals surface area contributed by atoms with Crippen LogP contribution in [0.4, 0.5) is 0 Å². The molecule has 7 atom stereocenters. The SMILES string of the molecule is CC(C)C[C@H](N)C(=O)NCC(=O)C(COP(C)(=O)O)NC(=O)[C@H](C)NC(=O)[C@H](CCCN=C(N)N)NC(=O)[C@H](CCCN=C(N)N)NC(=O)[C@@H](N)CC(C)C. The monoisotopic (exact) mass is 805 g/mol. The summed E-state index contributed by atoms with van der Waals surface area (Å²) in [5, 5.41) is 12.5. The summed E-state index contributed by atoms with van der Waals surface area (Å²) in [6.07, 6.45) is 1.23. The third-order valence-corrected chi connectivity index (χ3v) is 8.28. The summed E-state index contributed by atoms with van der Waals surface area (Å²) in [6, 6.07) is -7.08. The Morgan fingerprint density at radius 3 is 1.51 bits per heavy atom. The van der Waals surface area contributed by atoms with Crippen molar-refractivity contribution in [2.75, 3.05) is 32.9 Å². The molecule has 5 amide bonds. The normalized spacial score (nSPS) is 15.5. The Bertz CT molecular complexity index is 1380. The van der Waals surface area contributed by atoms with Crippen LogP contribution < -0.4 is 61.0 Å². The van der Waals surface area contributed by atoms with E-state index in [1.807, 2.05) is 27.7 Å². The zero-order valence-electron chi connectivity index (χ0n) is 32.7. The highest BCUT2D eigenvalue weighted by Gasteiger charge is 2.31. The molecule has 0 heterocycles. The molecule has 2 unspecified atom stereocenters. The quantitative estimate of drug-likeness (QED) is 0.0165. The largest absolute Gasteiger partial charge is 0.370 e. The Labute approximate surface area is 322 Å². The third kappa shape index (κ3) is 23.9. The lowest BCUT2D eigenvalue weighted by atomic mass is 10.0. The van der Waals surface area contributed by atoms with Crippen LogP contribution in [0.3, 0.4) is 0 Å². The molecule has 18 N–H and O–H groups in total. The Kier molecular flexibility index (Phi) is 23.6. The molecule has 55 heavy (non-hydrogen) atoms. The number of amides is 5. The minimum Gasteiger partial charge on any atom is -0.370 e. The van der Waals surface area contributed by atoms with Gasteiger partial charge in [0.1, 0.15) is 24.2 Å². The summed E-state index contributed by atoms with van der Waals surface area (Å²) in [4.78, 5) is 96.1. The topological polar surface area (TPSA) is 390 Å². The number of nitrogens with two attached hydrogens (primary N) is 6. The average molecular weight is 806 g/mol. The second kappa shape index (κ2) is 25.7. The van der Waals surface area contributed by atoms with Gasteiger partial charge in [0.05, 0.1) is 25.2 Å². The summed E-state index contributed by atoms with van der Waals surface area (Å²) in [5.41, 5.74) is 33.5. The van der Waals surface area contributed by atoms with Crippen molar-refractivity contribution in [3.05, 3.63) is 0 Å². The number of guanidine groups is 2. The maximum Gasteiger partial charge on any atom is 0.325 e. The lowest BCUT2D eigenvalue weighted by molar-refractivity contribution is -0.134. The Hall–Kier alpha value is -4.37. The van der Waals surface area contributed by atoms with Gasteiger partial charge in [0.2, 0.25) is 29.5 Å². The number of hydrogen-bond donors (Lipinski definition) is 12. The molecule has 0 aromatic carbocycles. The van der Waals surface area contributed by atoms with E-state index in [2.05, 4.69) is 36.6 Å². The molecule has 0 aromatic heterocycles. The molecule has 0 aliphatic carbocycles. The first kappa shape index (κ1) is 50.6. The van der Waals surface area contributed by atoms with Crippen LogP contribution in [0.1, 0.15) is 73.1 Å². The van der Waals surface area contributed by atoms with Gasteiger partial charge >= 0.3 is 7.60 Å². The second-order valence-electron chi connectivity index (χ2n) is 14.1. The first-order valence-electron chi connectivity index (χ1n) is 18.0. The molecule has 0 aliphatic heterocycles. The molecule has 0 radical (unpaired) electrons. The van der Waals surface area contributed by atoms with Gasteiger partial charge in [-0.2, -0.15) is 0 Å². The lowest BCUT2D eigenvalue weighted by Crippen LogP contribution is -2.58. The fraction of sp³-hybridized carbons (Fsp3) is 0.750. The molecule has 0 spiro atoms. The van der Waals surface area contributed by atoms with Gasteiger partial charge in [-0.15, -0.1) is 0 Å². The zero-order chi connectivity index (χ0) is 42.5. The number of aliphatic imine (C=N–C) groups is 2. The van der Waals surface area contributed by atoms with Crippen molar-refractivity contribution in [3.63, 3.8) is 0 Å². The standard InChI is InChI=1S/C32H64N13O9P/c1-17(2)13-20(33)27(48)41-15-25(46)24(16-54-55(6,52)53)45-26(47)19(5)42-29(50)22(9-7-11-39-31(35)36)44-30(51)23(10-8-12-40-32(37)38)43-28(49)21(34)14-18(3)4/h17-24H,7-16,33-34H2,1-6H3,(H,41,48)(H,42,50)(H,43,49)(H,44,51)(H,45,47)(H,52,53)(H4,35,36,39)(H4,37,38,40)/t19-,20-,21-,22-,23-,24?/m0/s1. The fourth-order valence-electron chi connectivity index (χ4n) is 4.86. The van der Waals surface area contributed by atoms with Crippen molar-refractivity contribution in [2.45, 2.75) is 109 Å². The van der Waals surface area contributed by atoms with E-state index in [0.29, 0.717) is 12.8 Å². The Morgan fingerprint density at radius 2 is 1.07 bits per heavy atom. The number of nitrogens with one attached hydrogen (secondary N) is 5. The first-order chi connectivity index (χ1) is 25.4. The van der Waals surface area contributed by atoms with E-state index < -0.39 is 92.3 Å².